The molecule has 2 aromatic rings. The second kappa shape index (κ2) is 8.01. The van der Waals surface area contributed by atoms with E-state index in [4.69, 9.17) is 4.42 Å². The molecule has 21 heavy (non-hydrogen) atoms. The number of aliphatic hydroxyl groups is 1. The van der Waals surface area contributed by atoms with E-state index >= 15 is 0 Å². The van der Waals surface area contributed by atoms with Crippen molar-refractivity contribution >= 4 is 0 Å². The maximum absolute atomic E-state index is 10.1. The molecule has 0 spiro atoms. The third kappa shape index (κ3) is 5.37. The quantitative estimate of drug-likeness (QED) is 0.803. The number of hydrogen-bond acceptors (Lipinski definition) is 3. The van der Waals surface area contributed by atoms with Gasteiger partial charge in [-0.25, -0.2) is 0 Å². The Bertz CT molecular complexity index is 522. The van der Waals surface area contributed by atoms with Gasteiger partial charge >= 0.3 is 0 Å². The molecule has 0 bridgehead atoms. The monoisotopic (exact) mass is 287 g/mol. The average molecular weight is 287 g/mol. The molecular weight excluding hydrogens is 262 g/mol. The van der Waals surface area contributed by atoms with Gasteiger partial charge in [0.05, 0.1) is 18.9 Å². The lowest BCUT2D eigenvalue weighted by atomic mass is 10.1. The van der Waals surface area contributed by atoms with Gasteiger partial charge in [-0.3, -0.25) is 4.90 Å². The molecule has 1 aromatic heterocycles. The highest BCUT2D eigenvalue weighted by atomic mass is 16.3. The van der Waals surface area contributed by atoms with Crippen LogP contribution in [-0.4, -0.2) is 22.7 Å². The summed E-state index contributed by atoms with van der Waals surface area (Å²) in [5.41, 5.74) is 2.53. The number of benzene rings is 1. The van der Waals surface area contributed by atoms with E-state index in [0.29, 0.717) is 6.54 Å². The molecule has 0 fully saturated rings. The Kier molecular flexibility index (Phi) is 6.03. The van der Waals surface area contributed by atoms with Crippen molar-refractivity contribution in [1.82, 2.24) is 4.90 Å². The Morgan fingerprint density at radius 1 is 1.19 bits per heavy atom. The minimum atomic E-state index is -0.283. The second-order valence-electron chi connectivity index (χ2n) is 5.68. The maximum Gasteiger partial charge on any atom is 0.117 e. The molecule has 3 nitrogen and oxygen atoms in total. The summed E-state index contributed by atoms with van der Waals surface area (Å²) in [6.45, 7) is 6.42. The van der Waals surface area contributed by atoms with Crippen LogP contribution in [0.25, 0.3) is 0 Å². The van der Waals surface area contributed by atoms with E-state index in [2.05, 4.69) is 43.0 Å². The third-order valence-corrected chi connectivity index (χ3v) is 3.54. The number of rotatable bonds is 8. The summed E-state index contributed by atoms with van der Waals surface area (Å²) in [4.78, 5) is 2.24. The Morgan fingerprint density at radius 2 is 2.05 bits per heavy atom. The number of furan rings is 1. The van der Waals surface area contributed by atoms with Gasteiger partial charge in [0.1, 0.15) is 5.76 Å². The predicted molar refractivity (Wildman–Crippen MR) is 84.9 cm³/mol. The highest BCUT2D eigenvalue weighted by Crippen LogP contribution is 2.13. The molecule has 114 valence electrons. The summed E-state index contributed by atoms with van der Waals surface area (Å²) >= 11 is 0. The molecule has 0 aliphatic carbocycles. The molecule has 3 heteroatoms. The van der Waals surface area contributed by atoms with E-state index in [1.807, 2.05) is 12.1 Å². The van der Waals surface area contributed by atoms with Crippen LogP contribution in [-0.2, 0) is 13.1 Å². The van der Waals surface area contributed by atoms with Crippen LogP contribution in [0.5, 0.6) is 0 Å². The van der Waals surface area contributed by atoms with E-state index in [-0.39, 0.29) is 6.10 Å². The minimum Gasteiger partial charge on any atom is -0.468 e. The Morgan fingerprint density at radius 3 is 2.71 bits per heavy atom. The van der Waals surface area contributed by atoms with Gasteiger partial charge in [0.2, 0.25) is 0 Å². The highest BCUT2D eigenvalue weighted by molar-refractivity contribution is 5.22. The zero-order valence-electron chi connectivity index (χ0n) is 13.0. The molecule has 0 saturated heterocycles. The lowest BCUT2D eigenvalue weighted by Gasteiger charge is -2.24. The number of aryl methyl sites for hydroxylation is 1. The van der Waals surface area contributed by atoms with Crippen molar-refractivity contribution < 1.29 is 9.52 Å². The zero-order chi connectivity index (χ0) is 15.1. The van der Waals surface area contributed by atoms with Crippen LogP contribution >= 0.6 is 0 Å². The van der Waals surface area contributed by atoms with Gasteiger partial charge in [0.15, 0.2) is 0 Å². The van der Waals surface area contributed by atoms with E-state index < -0.39 is 0 Å². The van der Waals surface area contributed by atoms with E-state index in [9.17, 15) is 5.11 Å². The van der Waals surface area contributed by atoms with Crippen LogP contribution in [0.1, 0.15) is 36.7 Å². The van der Waals surface area contributed by atoms with Crippen LogP contribution in [0.2, 0.25) is 0 Å². The van der Waals surface area contributed by atoms with Crippen LogP contribution in [0.3, 0.4) is 0 Å². The molecule has 1 aromatic carbocycles. The molecule has 1 atom stereocenters. The van der Waals surface area contributed by atoms with Gasteiger partial charge in [0.25, 0.3) is 0 Å². The van der Waals surface area contributed by atoms with Crippen molar-refractivity contribution in [1.29, 1.82) is 0 Å². The van der Waals surface area contributed by atoms with Crippen LogP contribution in [0.4, 0.5) is 0 Å². The normalized spacial score (nSPS) is 12.8. The van der Waals surface area contributed by atoms with Crippen LogP contribution < -0.4 is 0 Å². The Balaban J connectivity index is 2.03. The standard InChI is InChI=1S/C18H25NO2/c1-3-6-17(20)13-19(14-18-9-5-10-21-18)12-16-8-4-7-15(2)11-16/h4-5,7-11,17,20H,3,6,12-14H2,1-2H3/t17-/m1/s1. The van der Waals surface area contributed by atoms with Gasteiger partial charge in [-0.1, -0.05) is 43.2 Å². The first kappa shape index (κ1) is 15.8. The summed E-state index contributed by atoms with van der Waals surface area (Å²) < 4.78 is 5.44. The molecule has 0 aliphatic heterocycles. The van der Waals surface area contributed by atoms with Crippen molar-refractivity contribution in [3.05, 3.63) is 59.5 Å². The van der Waals surface area contributed by atoms with Crippen LogP contribution in [0, 0.1) is 6.92 Å². The average Bonchev–Trinajstić information content (AvgIpc) is 2.91. The molecule has 0 saturated carbocycles. The summed E-state index contributed by atoms with van der Waals surface area (Å²) in [5, 5.41) is 10.1. The lowest BCUT2D eigenvalue weighted by molar-refractivity contribution is 0.0932. The number of aliphatic hydroxyl groups excluding tert-OH is 1. The predicted octanol–water partition coefficient (Wildman–Crippen LogP) is 3.75. The lowest BCUT2D eigenvalue weighted by Crippen LogP contribution is -2.31. The van der Waals surface area contributed by atoms with Crippen molar-refractivity contribution in [3.63, 3.8) is 0 Å². The summed E-state index contributed by atoms with van der Waals surface area (Å²) in [7, 11) is 0. The van der Waals surface area contributed by atoms with Gasteiger partial charge in [0, 0.05) is 13.1 Å². The fourth-order valence-corrected chi connectivity index (χ4v) is 2.60. The summed E-state index contributed by atoms with van der Waals surface area (Å²) in [5.74, 6) is 0.936. The molecule has 2 rings (SSSR count). The largest absolute Gasteiger partial charge is 0.468 e. The molecule has 0 unspecified atom stereocenters. The van der Waals surface area contributed by atoms with E-state index in [1.54, 1.807) is 6.26 Å². The molecule has 0 radical (unpaired) electrons. The van der Waals surface area contributed by atoms with Crippen molar-refractivity contribution in [2.45, 2.75) is 45.9 Å². The van der Waals surface area contributed by atoms with Gasteiger partial charge in [-0.15, -0.1) is 0 Å². The molecule has 1 heterocycles. The highest BCUT2D eigenvalue weighted by Gasteiger charge is 2.13. The van der Waals surface area contributed by atoms with Crippen molar-refractivity contribution in [2.75, 3.05) is 6.54 Å². The first-order valence-electron chi connectivity index (χ1n) is 7.65. The maximum atomic E-state index is 10.1. The van der Waals surface area contributed by atoms with Crippen LogP contribution in [0.15, 0.2) is 47.1 Å². The number of nitrogens with zero attached hydrogens (tertiary/aromatic N) is 1. The smallest absolute Gasteiger partial charge is 0.117 e. The SMILES string of the molecule is CCC[C@@H](O)CN(Cc1cccc(C)c1)Cc1ccco1. The molecular formula is C18H25NO2. The first-order valence-corrected chi connectivity index (χ1v) is 7.65. The molecule has 0 amide bonds. The van der Waals surface area contributed by atoms with Crippen molar-refractivity contribution in [2.24, 2.45) is 0 Å². The summed E-state index contributed by atoms with van der Waals surface area (Å²) in [6.07, 6.45) is 3.25. The minimum absolute atomic E-state index is 0.283. The van der Waals surface area contributed by atoms with Gasteiger partial charge in [-0.2, -0.15) is 0 Å². The third-order valence-electron chi connectivity index (χ3n) is 3.54. The van der Waals surface area contributed by atoms with E-state index in [1.165, 1.54) is 11.1 Å². The molecule has 1 N–H and O–H groups in total. The van der Waals surface area contributed by atoms with Gasteiger partial charge in [-0.05, 0) is 31.0 Å². The fourth-order valence-electron chi connectivity index (χ4n) is 2.60. The zero-order valence-corrected chi connectivity index (χ0v) is 13.0. The Labute approximate surface area is 127 Å². The van der Waals surface area contributed by atoms with E-state index in [0.717, 1.165) is 31.7 Å². The Hall–Kier alpha value is -1.58. The first-order chi connectivity index (χ1) is 10.2. The fraction of sp³-hybridized carbons (Fsp3) is 0.444. The van der Waals surface area contributed by atoms with Crippen molar-refractivity contribution in [3.8, 4) is 0 Å². The topological polar surface area (TPSA) is 36.6 Å². The number of hydrogen-bond donors (Lipinski definition) is 1. The summed E-state index contributed by atoms with van der Waals surface area (Å²) in [6, 6.07) is 12.4. The molecule has 0 aliphatic rings. The van der Waals surface area contributed by atoms with Gasteiger partial charge < -0.3 is 9.52 Å². The second-order valence-corrected chi connectivity index (χ2v) is 5.68.